The molecule has 0 atom stereocenters. The second-order valence-electron chi connectivity index (χ2n) is 5.92. The molecule has 2 rings (SSSR count). The number of methoxy groups -OCH3 is 1. The van der Waals surface area contributed by atoms with Crippen LogP contribution in [0.1, 0.15) is 40.1 Å². The van der Waals surface area contributed by atoms with Crippen molar-refractivity contribution in [1.29, 1.82) is 0 Å². The molecule has 0 aromatic heterocycles. The monoisotopic (exact) mass is 385 g/mol. The zero-order valence-corrected chi connectivity index (χ0v) is 16.2. The van der Waals surface area contributed by atoms with Crippen LogP contribution in [0.2, 0.25) is 0 Å². The van der Waals surface area contributed by atoms with Crippen LogP contribution in [0.5, 0.6) is 11.5 Å². The summed E-state index contributed by atoms with van der Waals surface area (Å²) in [6, 6.07) is 9.56. The van der Waals surface area contributed by atoms with Gasteiger partial charge in [-0.05, 0) is 49.7 Å². The maximum Gasteiger partial charge on any atom is 0.269 e. The quantitative estimate of drug-likeness (QED) is 0.663. The fourth-order valence-electron chi connectivity index (χ4n) is 2.43. The van der Waals surface area contributed by atoms with E-state index in [-0.39, 0.29) is 5.91 Å². The Morgan fingerprint density at radius 3 is 2.11 bits per heavy atom. The van der Waals surface area contributed by atoms with E-state index in [4.69, 9.17) is 9.47 Å². The number of nitrogens with one attached hydrogen (secondary N) is 3. The van der Waals surface area contributed by atoms with Crippen LogP contribution in [0.3, 0.4) is 0 Å². The zero-order chi connectivity index (χ0) is 20.7. The number of hydrogen-bond donors (Lipinski definition) is 3. The summed E-state index contributed by atoms with van der Waals surface area (Å²) in [5.41, 5.74) is 6.64. The highest BCUT2D eigenvalue weighted by atomic mass is 16.5. The van der Waals surface area contributed by atoms with E-state index in [1.165, 1.54) is 26.2 Å². The van der Waals surface area contributed by atoms with Crippen molar-refractivity contribution in [3.8, 4) is 11.5 Å². The molecule has 8 heteroatoms. The first-order valence-electron chi connectivity index (χ1n) is 8.65. The first-order valence-corrected chi connectivity index (χ1v) is 8.65. The van der Waals surface area contributed by atoms with Gasteiger partial charge in [-0.15, -0.1) is 0 Å². The van der Waals surface area contributed by atoms with Gasteiger partial charge in [-0.2, -0.15) is 0 Å². The number of aryl methyl sites for hydroxylation is 1. The normalized spacial score (nSPS) is 10.0. The summed E-state index contributed by atoms with van der Waals surface area (Å²) in [6.07, 6.45) is 0. The lowest BCUT2D eigenvalue weighted by Gasteiger charge is -2.12. The molecule has 2 aromatic rings. The zero-order valence-electron chi connectivity index (χ0n) is 16.2. The van der Waals surface area contributed by atoms with Crippen LogP contribution < -0.4 is 25.6 Å². The van der Waals surface area contributed by atoms with Crippen molar-refractivity contribution in [3.05, 3.63) is 53.1 Å². The Hall–Kier alpha value is -3.55. The summed E-state index contributed by atoms with van der Waals surface area (Å²) in [7, 11) is 1.48. The molecule has 0 saturated heterocycles. The van der Waals surface area contributed by atoms with Crippen LogP contribution in [0, 0.1) is 6.92 Å². The number of hydrazine groups is 1. The molecular weight excluding hydrogens is 362 g/mol. The lowest BCUT2D eigenvalue weighted by atomic mass is 10.1. The van der Waals surface area contributed by atoms with Crippen LogP contribution in [0.25, 0.3) is 0 Å². The molecular formula is C20H23N3O5. The smallest absolute Gasteiger partial charge is 0.269 e. The molecule has 0 aliphatic carbocycles. The first kappa shape index (κ1) is 20.8. The molecule has 2 aromatic carbocycles. The highest BCUT2D eigenvalue weighted by Crippen LogP contribution is 2.27. The number of amides is 3. The number of carbonyl (C=O) groups excluding carboxylic acids is 3. The highest BCUT2D eigenvalue weighted by Gasteiger charge is 2.13. The van der Waals surface area contributed by atoms with Gasteiger partial charge < -0.3 is 14.8 Å². The molecule has 0 bridgehead atoms. The second kappa shape index (κ2) is 9.40. The maximum absolute atomic E-state index is 12.3. The van der Waals surface area contributed by atoms with Gasteiger partial charge in [0.15, 0.2) is 11.5 Å². The molecule has 3 amide bonds. The fourth-order valence-corrected chi connectivity index (χ4v) is 2.43. The van der Waals surface area contributed by atoms with Crippen LogP contribution in [0.4, 0.5) is 5.69 Å². The summed E-state index contributed by atoms with van der Waals surface area (Å²) in [5, 5.41) is 2.66. The van der Waals surface area contributed by atoms with E-state index in [1.807, 2.05) is 13.8 Å². The van der Waals surface area contributed by atoms with Crippen molar-refractivity contribution in [3.63, 3.8) is 0 Å². The number of anilines is 1. The van der Waals surface area contributed by atoms with Gasteiger partial charge in [0, 0.05) is 23.7 Å². The van der Waals surface area contributed by atoms with Gasteiger partial charge in [-0.1, -0.05) is 6.07 Å². The third kappa shape index (κ3) is 5.23. The number of ether oxygens (including phenoxy) is 2. The summed E-state index contributed by atoms with van der Waals surface area (Å²) < 4.78 is 10.6. The number of rotatable bonds is 6. The Balaban J connectivity index is 2.06. The molecule has 0 aliphatic rings. The summed E-state index contributed by atoms with van der Waals surface area (Å²) in [5.74, 6) is -0.324. The van der Waals surface area contributed by atoms with Gasteiger partial charge in [0.05, 0.1) is 13.7 Å². The second-order valence-corrected chi connectivity index (χ2v) is 5.92. The van der Waals surface area contributed by atoms with E-state index in [0.29, 0.717) is 34.9 Å². The first-order chi connectivity index (χ1) is 13.3. The maximum atomic E-state index is 12.3. The summed E-state index contributed by atoms with van der Waals surface area (Å²) in [6.45, 7) is 5.51. The van der Waals surface area contributed by atoms with E-state index in [0.717, 1.165) is 5.56 Å². The average molecular weight is 385 g/mol. The topological polar surface area (TPSA) is 106 Å². The van der Waals surface area contributed by atoms with Crippen LogP contribution in [0.15, 0.2) is 36.4 Å². The number of carbonyl (C=O) groups is 3. The molecule has 0 spiro atoms. The van der Waals surface area contributed by atoms with Crippen LogP contribution >= 0.6 is 0 Å². The average Bonchev–Trinajstić information content (AvgIpc) is 2.67. The predicted molar refractivity (Wildman–Crippen MR) is 105 cm³/mol. The standard InChI is InChI=1S/C20H23N3O5/c1-5-28-17-9-8-15(11-18(17)27-4)20(26)23-22-19(25)14-7-6-12(2)16(10-14)21-13(3)24/h6-11H,5H2,1-4H3,(H,21,24)(H,22,25)(H,23,26). The molecule has 148 valence electrons. The fraction of sp³-hybridized carbons (Fsp3) is 0.250. The largest absolute Gasteiger partial charge is 0.493 e. The van der Waals surface area contributed by atoms with Gasteiger partial charge in [0.25, 0.3) is 11.8 Å². The lowest BCUT2D eigenvalue weighted by molar-refractivity contribution is -0.114. The third-order valence-electron chi connectivity index (χ3n) is 3.83. The number of benzene rings is 2. The minimum atomic E-state index is -0.516. The van der Waals surface area contributed by atoms with E-state index in [1.54, 1.807) is 24.3 Å². The molecule has 28 heavy (non-hydrogen) atoms. The highest BCUT2D eigenvalue weighted by molar-refractivity contribution is 6.00. The summed E-state index contributed by atoms with van der Waals surface area (Å²) >= 11 is 0. The van der Waals surface area contributed by atoms with E-state index < -0.39 is 11.8 Å². The van der Waals surface area contributed by atoms with Crippen molar-refractivity contribution >= 4 is 23.4 Å². The summed E-state index contributed by atoms with van der Waals surface area (Å²) in [4.78, 5) is 35.9. The van der Waals surface area contributed by atoms with Crippen LogP contribution in [-0.4, -0.2) is 31.4 Å². The van der Waals surface area contributed by atoms with Crippen molar-refractivity contribution in [2.75, 3.05) is 19.0 Å². The van der Waals surface area contributed by atoms with Crippen molar-refractivity contribution in [2.45, 2.75) is 20.8 Å². The van der Waals surface area contributed by atoms with Crippen molar-refractivity contribution in [1.82, 2.24) is 10.9 Å². The van der Waals surface area contributed by atoms with E-state index >= 15 is 0 Å². The van der Waals surface area contributed by atoms with Crippen LogP contribution in [-0.2, 0) is 4.79 Å². The minimum absolute atomic E-state index is 0.238. The number of hydrogen-bond acceptors (Lipinski definition) is 5. The Morgan fingerprint density at radius 2 is 1.54 bits per heavy atom. The van der Waals surface area contributed by atoms with Gasteiger partial charge >= 0.3 is 0 Å². The van der Waals surface area contributed by atoms with Gasteiger partial charge in [-0.25, -0.2) is 0 Å². The van der Waals surface area contributed by atoms with Crippen molar-refractivity contribution < 1.29 is 23.9 Å². The van der Waals surface area contributed by atoms with E-state index in [9.17, 15) is 14.4 Å². The minimum Gasteiger partial charge on any atom is -0.493 e. The SMILES string of the molecule is CCOc1ccc(C(=O)NNC(=O)c2ccc(C)c(NC(C)=O)c2)cc1OC. The predicted octanol–water partition coefficient (Wildman–Crippen LogP) is 2.44. The van der Waals surface area contributed by atoms with Gasteiger partial charge in [0.2, 0.25) is 5.91 Å². The van der Waals surface area contributed by atoms with Crippen molar-refractivity contribution in [2.24, 2.45) is 0 Å². The van der Waals surface area contributed by atoms with E-state index in [2.05, 4.69) is 16.2 Å². The third-order valence-corrected chi connectivity index (χ3v) is 3.83. The van der Waals surface area contributed by atoms with Gasteiger partial charge in [0.1, 0.15) is 0 Å². The molecule has 0 aliphatic heterocycles. The molecule has 8 nitrogen and oxygen atoms in total. The Bertz CT molecular complexity index is 895. The molecule has 0 heterocycles. The molecule has 0 fully saturated rings. The molecule has 0 radical (unpaired) electrons. The Morgan fingerprint density at radius 1 is 0.929 bits per heavy atom. The lowest BCUT2D eigenvalue weighted by Crippen LogP contribution is -2.41. The molecule has 0 saturated carbocycles. The Kier molecular flexibility index (Phi) is 6.97. The molecule has 3 N–H and O–H groups in total. The Labute approximate surface area is 163 Å². The molecule has 0 unspecified atom stereocenters. The van der Waals surface area contributed by atoms with Gasteiger partial charge in [-0.3, -0.25) is 25.2 Å².